The van der Waals surface area contributed by atoms with Crippen molar-refractivity contribution >= 4 is 41.5 Å². The van der Waals surface area contributed by atoms with E-state index in [0.717, 1.165) is 12.8 Å². The number of thioether (sulfide) groups is 1. The summed E-state index contributed by atoms with van der Waals surface area (Å²) in [6.07, 6.45) is 3.58. The summed E-state index contributed by atoms with van der Waals surface area (Å²) in [4.78, 5) is 65.7. The monoisotopic (exact) mass is 715 g/mol. The number of rotatable bonds is 23. The van der Waals surface area contributed by atoms with E-state index in [2.05, 4.69) is 26.6 Å². The Balaban J connectivity index is 5.81. The highest BCUT2D eigenvalue weighted by atomic mass is 32.2. The molecule has 0 aliphatic rings. The van der Waals surface area contributed by atoms with Gasteiger partial charge in [-0.25, -0.2) is 4.79 Å². The first-order valence-corrected chi connectivity index (χ1v) is 19.4. The normalized spacial score (nSPS) is 15.5. The lowest BCUT2D eigenvalue weighted by molar-refractivity contribution is -0.132. The largest absolute Gasteiger partial charge is 0.444 e. The lowest BCUT2D eigenvalue weighted by atomic mass is 9.91. The number of amides is 5. The standard InChI is InChI=1S/C36H69N5O7S/c1-13-14-16-37-32(44)28(19-23(4)5)40-31(43)25(8)21-30(42)27(18-22(2)3)39-33(45)26(15-17-49-12)38-34(46)29(20-24(6)7)41-35(47)48-36(9,10)11/h22-30,42H,13-21H2,1-12H3,(H,37,44)(H,38,46)(H,39,45)(H,40,43)(H,41,47)/t25-,26+,27+,28+,29+,30+/m1/s1. The molecular weight excluding hydrogens is 646 g/mol. The van der Waals surface area contributed by atoms with Crippen LogP contribution in [-0.2, 0) is 23.9 Å². The number of carbonyl (C=O) groups excluding carboxylic acids is 5. The number of aliphatic hydroxyl groups is 1. The molecule has 0 aromatic rings. The van der Waals surface area contributed by atoms with Gasteiger partial charge in [0.2, 0.25) is 23.6 Å². The fraction of sp³-hybridized carbons (Fsp3) is 0.861. The van der Waals surface area contributed by atoms with Crippen LogP contribution in [0.4, 0.5) is 4.79 Å². The van der Waals surface area contributed by atoms with Crippen molar-refractivity contribution in [3.8, 4) is 0 Å². The number of alkyl carbamates (subject to hydrolysis) is 1. The second-order valence-corrected chi connectivity index (χ2v) is 16.4. The highest BCUT2D eigenvalue weighted by molar-refractivity contribution is 7.98. The number of nitrogens with one attached hydrogen (secondary N) is 5. The van der Waals surface area contributed by atoms with Crippen molar-refractivity contribution in [3.63, 3.8) is 0 Å². The maximum Gasteiger partial charge on any atom is 0.408 e. The van der Waals surface area contributed by atoms with Crippen LogP contribution in [-0.4, -0.2) is 89.3 Å². The third-order valence-corrected chi connectivity index (χ3v) is 8.33. The number of hydrogen-bond donors (Lipinski definition) is 6. The quantitative estimate of drug-likeness (QED) is 0.0837. The smallest absolute Gasteiger partial charge is 0.408 e. The molecule has 49 heavy (non-hydrogen) atoms. The van der Waals surface area contributed by atoms with Gasteiger partial charge in [0.15, 0.2) is 0 Å². The second kappa shape index (κ2) is 23.8. The maximum atomic E-state index is 13.7. The van der Waals surface area contributed by atoms with Gasteiger partial charge in [0.1, 0.15) is 23.7 Å². The summed E-state index contributed by atoms with van der Waals surface area (Å²) < 4.78 is 5.36. The van der Waals surface area contributed by atoms with Gasteiger partial charge in [-0.3, -0.25) is 19.2 Å². The molecule has 0 radical (unpaired) electrons. The molecule has 0 heterocycles. The molecule has 0 saturated carbocycles. The van der Waals surface area contributed by atoms with Gasteiger partial charge in [-0.2, -0.15) is 11.8 Å². The van der Waals surface area contributed by atoms with Crippen molar-refractivity contribution in [1.82, 2.24) is 26.6 Å². The molecule has 0 aliphatic carbocycles. The summed E-state index contributed by atoms with van der Waals surface area (Å²) in [5.41, 5.74) is -0.743. The molecule has 0 aliphatic heterocycles. The van der Waals surface area contributed by atoms with Gasteiger partial charge >= 0.3 is 6.09 Å². The Hall–Kier alpha value is -2.54. The molecule has 286 valence electrons. The van der Waals surface area contributed by atoms with Gasteiger partial charge in [0.25, 0.3) is 0 Å². The predicted octanol–water partition coefficient (Wildman–Crippen LogP) is 4.53. The van der Waals surface area contributed by atoms with Gasteiger partial charge in [0, 0.05) is 12.5 Å². The zero-order valence-electron chi connectivity index (χ0n) is 32.4. The molecule has 6 N–H and O–H groups in total. The van der Waals surface area contributed by atoms with E-state index in [1.165, 1.54) is 11.8 Å². The van der Waals surface area contributed by atoms with Crippen LogP contribution in [0.5, 0.6) is 0 Å². The molecule has 5 amide bonds. The fourth-order valence-corrected chi connectivity index (χ4v) is 5.67. The molecule has 0 bridgehead atoms. The Morgan fingerprint density at radius 2 is 1.20 bits per heavy atom. The minimum atomic E-state index is -1.06. The maximum absolute atomic E-state index is 13.7. The Bertz CT molecular complexity index is 1020. The predicted molar refractivity (Wildman–Crippen MR) is 198 cm³/mol. The van der Waals surface area contributed by atoms with E-state index in [9.17, 15) is 29.1 Å². The highest BCUT2D eigenvalue weighted by Gasteiger charge is 2.33. The lowest BCUT2D eigenvalue weighted by Gasteiger charge is -2.30. The average molecular weight is 716 g/mol. The zero-order valence-corrected chi connectivity index (χ0v) is 33.2. The third kappa shape index (κ3) is 21.3. The Morgan fingerprint density at radius 3 is 1.69 bits per heavy atom. The number of hydrogen-bond acceptors (Lipinski definition) is 8. The molecule has 0 rings (SSSR count). The van der Waals surface area contributed by atoms with Gasteiger partial charge in [0.05, 0.1) is 12.1 Å². The topological polar surface area (TPSA) is 175 Å². The molecule has 12 nitrogen and oxygen atoms in total. The number of carbonyl (C=O) groups is 5. The van der Waals surface area contributed by atoms with Gasteiger partial charge in [-0.15, -0.1) is 0 Å². The van der Waals surface area contributed by atoms with E-state index in [1.54, 1.807) is 27.7 Å². The second-order valence-electron chi connectivity index (χ2n) is 15.5. The van der Waals surface area contributed by atoms with Gasteiger partial charge in [-0.05, 0) is 89.1 Å². The summed E-state index contributed by atoms with van der Waals surface area (Å²) in [6, 6.07) is -3.20. The fourth-order valence-electron chi connectivity index (χ4n) is 5.19. The summed E-state index contributed by atoms with van der Waals surface area (Å²) in [7, 11) is 0. The van der Waals surface area contributed by atoms with Crippen molar-refractivity contribution in [1.29, 1.82) is 0 Å². The Morgan fingerprint density at radius 1 is 0.694 bits per heavy atom. The Kier molecular flexibility index (Phi) is 22.6. The molecule has 0 spiro atoms. The number of aliphatic hydroxyl groups excluding tert-OH is 1. The molecule has 0 fully saturated rings. The number of ether oxygens (including phenoxy) is 1. The molecule has 0 aromatic carbocycles. The Labute approximate surface area is 300 Å². The van der Waals surface area contributed by atoms with Crippen LogP contribution in [0.1, 0.15) is 121 Å². The molecule has 6 atom stereocenters. The van der Waals surface area contributed by atoms with Crippen LogP contribution in [0, 0.1) is 23.7 Å². The number of unbranched alkanes of at least 4 members (excludes halogenated alkanes) is 1. The molecule has 0 unspecified atom stereocenters. The minimum Gasteiger partial charge on any atom is -0.444 e. The van der Waals surface area contributed by atoms with Crippen LogP contribution in [0.25, 0.3) is 0 Å². The average Bonchev–Trinajstić information content (AvgIpc) is 2.96. The van der Waals surface area contributed by atoms with Crippen molar-refractivity contribution < 1.29 is 33.8 Å². The van der Waals surface area contributed by atoms with Crippen molar-refractivity contribution in [2.75, 3.05) is 18.6 Å². The molecule has 0 aromatic heterocycles. The van der Waals surface area contributed by atoms with Crippen LogP contribution < -0.4 is 26.6 Å². The molecule has 13 heteroatoms. The van der Waals surface area contributed by atoms with Crippen LogP contribution in [0.3, 0.4) is 0 Å². The summed E-state index contributed by atoms with van der Waals surface area (Å²) in [5.74, 6) is -1.20. The third-order valence-electron chi connectivity index (χ3n) is 7.69. The van der Waals surface area contributed by atoms with E-state index in [1.807, 2.05) is 54.7 Å². The van der Waals surface area contributed by atoms with Crippen LogP contribution in [0.15, 0.2) is 0 Å². The van der Waals surface area contributed by atoms with Crippen LogP contribution in [0.2, 0.25) is 0 Å². The highest BCUT2D eigenvalue weighted by Crippen LogP contribution is 2.18. The van der Waals surface area contributed by atoms with Crippen LogP contribution >= 0.6 is 11.8 Å². The zero-order chi connectivity index (χ0) is 37.9. The lowest BCUT2D eigenvalue weighted by Crippen LogP contribution is -2.57. The van der Waals surface area contributed by atoms with Crippen molar-refractivity contribution in [2.24, 2.45) is 23.7 Å². The summed E-state index contributed by atoms with van der Waals surface area (Å²) >= 11 is 1.53. The summed E-state index contributed by atoms with van der Waals surface area (Å²) in [6.45, 7) is 21.3. The van der Waals surface area contributed by atoms with E-state index < -0.39 is 59.7 Å². The SMILES string of the molecule is CCCCNC(=O)[C@H](CC(C)C)NC(=O)[C@H](C)C[C@H](O)[C@H](CC(C)C)NC(=O)[C@H](CCSC)NC(=O)[C@H](CC(C)C)NC(=O)OC(C)(C)C. The van der Waals surface area contributed by atoms with E-state index in [4.69, 9.17) is 4.74 Å². The summed E-state index contributed by atoms with van der Waals surface area (Å²) in [5, 5.41) is 25.6. The van der Waals surface area contributed by atoms with Crippen molar-refractivity contribution in [2.45, 2.75) is 157 Å². The first kappa shape index (κ1) is 46.5. The van der Waals surface area contributed by atoms with Crippen molar-refractivity contribution in [3.05, 3.63) is 0 Å². The first-order chi connectivity index (χ1) is 22.7. The molecule has 0 saturated heterocycles. The van der Waals surface area contributed by atoms with E-state index in [0.29, 0.717) is 38.0 Å². The van der Waals surface area contributed by atoms with Gasteiger partial charge in [-0.1, -0.05) is 61.8 Å². The van der Waals surface area contributed by atoms with Gasteiger partial charge < -0.3 is 36.4 Å². The molecular formula is C36H69N5O7S. The first-order valence-electron chi connectivity index (χ1n) is 18.1. The van der Waals surface area contributed by atoms with E-state index >= 15 is 0 Å². The van der Waals surface area contributed by atoms with E-state index in [-0.39, 0.29) is 36.0 Å². The minimum absolute atomic E-state index is 0.0630.